The number of carbonyl (C=O) groups excluding carboxylic acids is 1. The van der Waals surface area contributed by atoms with Crippen molar-refractivity contribution in [1.29, 1.82) is 0 Å². The topological polar surface area (TPSA) is 69.6 Å². The smallest absolute Gasteiger partial charge is 0.321 e. The third-order valence-corrected chi connectivity index (χ3v) is 9.15. The molecule has 2 aliphatic heterocycles. The lowest BCUT2D eigenvalue weighted by Crippen LogP contribution is -2.61. The lowest BCUT2D eigenvalue weighted by Gasteiger charge is -2.52. The SMILES string of the molecule is CN1[C@@H](C(=O)O)[C@H](c2cccc(Cl)c2F)[C@]2(C(=O)Nc3cc(Cl)ccc32)C12CCC(C)(C)CC2. The molecule has 34 heavy (non-hydrogen) atoms. The molecule has 0 bridgehead atoms. The van der Waals surface area contributed by atoms with Crippen molar-refractivity contribution in [3.63, 3.8) is 0 Å². The van der Waals surface area contributed by atoms with Gasteiger partial charge in [0.2, 0.25) is 5.91 Å². The first-order chi connectivity index (χ1) is 16.0. The van der Waals surface area contributed by atoms with Crippen molar-refractivity contribution in [2.45, 2.75) is 62.4 Å². The highest BCUT2D eigenvalue weighted by Gasteiger charge is 2.75. The van der Waals surface area contributed by atoms with Gasteiger partial charge in [0.1, 0.15) is 17.3 Å². The van der Waals surface area contributed by atoms with E-state index in [1.807, 2.05) is 4.90 Å². The van der Waals surface area contributed by atoms with E-state index in [4.69, 9.17) is 23.2 Å². The van der Waals surface area contributed by atoms with E-state index in [0.717, 1.165) is 12.8 Å². The molecule has 5 rings (SSSR count). The van der Waals surface area contributed by atoms with Crippen LogP contribution in [0.5, 0.6) is 0 Å². The number of hydrogen-bond acceptors (Lipinski definition) is 3. The maximum atomic E-state index is 15.6. The Morgan fingerprint density at radius 3 is 2.47 bits per heavy atom. The normalized spacial score (nSPS) is 29.4. The molecule has 2 aromatic carbocycles. The van der Waals surface area contributed by atoms with Gasteiger partial charge in [-0.15, -0.1) is 0 Å². The minimum Gasteiger partial charge on any atom is -0.480 e. The van der Waals surface area contributed by atoms with Crippen molar-refractivity contribution < 1.29 is 19.1 Å². The van der Waals surface area contributed by atoms with Crippen molar-refractivity contribution in [3.05, 3.63) is 63.4 Å². The van der Waals surface area contributed by atoms with E-state index in [9.17, 15) is 14.7 Å². The first-order valence-electron chi connectivity index (χ1n) is 11.5. The zero-order valence-electron chi connectivity index (χ0n) is 19.3. The van der Waals surface area contributed by atoms with Gasteiger partial charge in [0, 0.05) is 22.2 Å². The van der Waals surface area contributed by atoms with Crippen LogP contribution in [0.3, 0.4) is 0 Å². The molecule has 2 aromatic rings. The van der Waals surface area contributed by atoms with Crippen molar-refractivity contribution in [3.8, 4) is 0 Å². The molecule has 2 spiro atoms. The Kier molecular flexibility index (Phi) is 5.32. The van der Waals surface area contributed by atoms with Crippen LogP contribution in [0.25, 0.3) is 0 Å². The van der Waals surface area contributed by atoms with Gasteiger partial charge in [-0.3, -0.25) is 14.5 Å². The number of nitrogens with one attached hydrogen (secondary N) is 1. The first kappa shape index (κ1) is 23.6. The number of fused-ring (bicyclic) bond motifs is 3. The van der Waals surface area contributed by atoms with Crippen LogP contribution in [0.1, 0.15) is 56.6 Å². The van der Waals surface area contributed by atoms with E-state index in [1.54, 1.807) is 37.4 Å². The summed E-state index contributed by atoms with van der Waals surface area (Å²) in [6.45, 7) is 4.37. The number of carboxylic acids is 1. The number of anilines is 1. The molecule has 180 valence electrons. The molecule has 2 N–H and O–H groups in total. The van der Waals surface area contributed by atoms with Gasteiger partial charge in [0.05, 0.1) is 5.02 Å². The van der Waals surface area contributed by atoms with Gasteiger partial charge in [0.15, 0.2) is 0 Å². The second kappa shape index (κ2) is 7.67. The van der Waals surface area contributed by atoms with Crippen molar-refractivity contribution in [2.24, 2.45) is 5.41 Å². The molecule has 0 unspecified atom stereocenters. The van der Waals surface area contributed by atoms with E-state index in [-0.39, 0.29) is 21.9 Å². The van der Waals surface area contributed by atoms with E-state index in [0.29, 0.717) is 29.1 Å². The second-order valence-corrected chi connectivity index (χ2v) is 11.5. The summed E-state index contributed by atoms with van der Waals surface area (Å²) in [5.74, 6) is -3.08. The molecule has 1 amide bonds. The number of benzene rings is 2. The van der Waals surface area contributed by atoms with Gasteiger partial charge in [-0.2, -0.15) is 0 Å². The number of carboxylic acid groups (broad SMARTS) is 1. The van der Waals surface area contributed by atoms with Crippen molar-refractivity contribution in [2.75, 3.05) is 12.4 Å². The zero-order chi connectivity index (χ0) is 24.6. The van der Waals surface area contributed by atoms with Crippen LogP contribution in [0.15, 0.2) is 36.4 Å². The summed E-state index contributed by atoms with van der Waals surface area (Å²) in [5, 5.41) is 13.8. The summed E-state index contributed by atoms with van der Waals surface area (Å²) in [6.07, 6.45) is 2.83. The van der Waals surface area contributed by atoms with E-state index < -0.39 is 34.7 Å². The highest BCUT2D eigenvalue weighted by atomic mass is 35.5. The number of amides is 1. The van der Waals surface area contributed by atoms with Gasteiger partial charge < -0.3 is 10.4 Å². The summed E-state index contributed by atoms with van der Waals surface area (Å²) < 4.78 is 15.6. The van der Waals surface area contributed by atoms with Crippen LogP contribution in [0.4, 0.5) is 10.1 Å². The second-order valence-electron chi connectivity index (χ2n) is 10.7. The predicted molar refractivity (Wildman–Crippen MR) is 130 cm³/mol. The maximum absolute atomic E-state index is 15.6. The Labute approximate surface area is 208 Å². The molecule has 2 fully saturated rings. The minimum atomic E-state index is -1.33. The first-order valence-corrected chi connectivity index (χ1v) is 12.2. The van der Waals surface area contributed by atoms with E-state index >= 15 is 4.39 Å². The van der Waals surface area contributed by atoms with Gasteiger partial charge in [-0.1, -0.05) is 55.2 Å². The van der Waals surface area contributed by atoms with Gasteiger partial charge in [-0.25, -0.2) is 4.39 Å². The number of nitrogens with zero attached hydrogens (tertiary/aromatic N) is 1. The number of rotatable bonds is 2. The fourth-order valence-corrected chi connectivity index (χ4v) is 7.29. The minimum absolute atomic E-state index is 0.0588. The van der Waals surface area contributed by atoms with E-state index in [2.05, 4.69) is 19.2 Å². The zero-order valence-corrected chi connectivity index (χ0v) is 20.8. The number of aliphatic carboxylic acids is 1. The molecule has 1 saturated heterocycles. The Bertz CT molecular complexity index is 1210. The summed E-state index contributed by atoms with van der Waals surface area (Å²) in [7, 11) is 1.77. The molecule has 1 saturated carbocycles. The molecule has 3 atom stereocenters. The Hall–Kier alpha value is -2.15. The largest absolute Gasteiger partial charge is 0.480 e. The van der Waals surface area contributed by atoms with E-state index in [1.165, 1.54) is 6.07 Å². The number of halogens is 3. The number of carbonyl (C=O) groups is 2. The lowest BCUT2D eigenvalue weighted by atomic mass is 9.53. The van der Waals surface area contributed by atoms with Crippen LogP contribution >= 0.6 is 23.2 Å². The average molecular weight is 505 g/mol. The highest BCUT2D eigenvalue weighted by Crippen LogP contribution is 2.67. The molecule has 0 radical (unpaired) electrons. The van der Waals surface area contributed by atoms with Crippen LogP contribution in [-0.2, 0) is 15.0 Å². The summed E-state index contributed by atoms with van der Waals surface area (Å²) in [4.78, 5) is 28.8. The Morgan fingerprint density at radius 1 is 1.15 bits per heavy atom. The molecular formula is C26H27Cl2FN2O3. The van der Waals surface area contributed by atoms with Crippen molar-refractivity contribution in [1.82, 2.24) is 4.90 Å². The van der Waals surface area contributed by atoms with Crippen LogP contribution < -0.4 is 5.32 Å². The molecule has 0 aromatic heterocycles. The van der Waals surface area contributed by atoms with Gasteiger partial charge >= 0.3 is 5.97 Å². The summed E-state index contributed by atoms with van der Waals surface area (Å²) in [5.41, 5.74) is -0.730. The monoisotopic (exact) mass is 504 g/mol. The average Bonchev–Trinajstić information content (AvgIpc) is 3.17. The lowest BCUT2D eigenvalue weighted by molar-refractivity contribution is -0.144. The molecule has 1 aliphatic carbocycles. The highest BCUT2D eigenvalue weighted by molar-refractivity contribution is 6.31. The molecule has 2 heterocycles. The number of likely N-dealkylation sites (N-methyl/N-ethyl adjacent to an activating group) is 1. The quantitative estimate of drug-likeness (QED) is 0.538. The van der Waals surface area contributed by atoms with Gasteiger partial charge in [-0.05, 0) is 67.5 Å². The molecule has 8 heteroatoms. The fraction of sp³-hybridized carbons (Fsp3) is 0.462. The third kappa shape index (κ3) is 2.94. The number of hydrogen-bond donors (Lipinski definition) is 2. The Balaban J connectivity index is 1.87. The third-order valence-electron chi connectivity index (χ3n) is 8.62. The molecular weight excluding hydrogens is 478 g/mol. The Morgan fingerprint density at radius 2 is 1.82 bits per heavy atom. The summed E-state index contributed by atoms with van der Waals surface area (Å²) in [6, 6.07) is 8.67. The van der Waals surface area contributed by atoms with Gasteiger partial charge in [0.25, 0.3) is 0 Å². The molecule has 5 nitrogen and oxygen atoms in total. The summed E-state index contributed by atoms with van der Waals surface area (Å²) >= 11 is 12.4. The van der Waals surface area contributed by atoms with Crippen molar-refractivity contribution >= 4 is 40.8 Å². The van der Waals surface area contributed by atoms with Crippen LogP contribution in [-0.4, -0.2) is 40.5 Å². The maximum Gasteiger partial charge on any atom is 0.321 e. The molecule has 3 aliphatic rings. The van der Waals surface area contributed by atoms with Crippen LogP contribution in [0, 0.1) is 11.2 Å². The fourth-order valence-electron chi connectivity index (χ4n) is 6.93. The number of likely N-dealkylation sites (tertiary alicyclic amines) is 1. The van der Waals surface area contributed by atoms with Crippen LogP contribution in [0.2, 0.25) is 10.0 Å². The predicted octanol–water partition coefficient (Wildman–Crippen LogP) is 5.84. The standard InChI is InChI=1S/C26H27Cl2FN2O3/c1-24(2)9-11-25(12-10-24)26(16-8-7-14(27)13-18(16)30-23(26)34)19(21(22(32)33)31(25)3)15-5-4-6-17(28)20(15)29/h4-8,13,19,21H,9-12H2,1-3H3,(H,30,34)(H,32,33)/t19-,21+,26+/m0/s1.